The molecule has 26 heavy (non-hydrogen) atoms. The van der Waals surface area contributed by atoms with Crippen molar-refractivity contribution in [3.8, 4) is 5.75 Å². The molecule has 1 aliphatic rings. The molecule has 1 saturated heterocycles. The summed E-state index contributed by atoms with van der Waals surface area (Å²) in [7, 11) is 1.62. The summed E-state index contributed by atoms with van der Waals surface area (Å²) in [6.07, 6.45) is 6.06. The first-order valence-corrected chi connectivity index (χ1v) is 8.49. The summed E-state index contributed by atoms with van der Waals surface area (Å²) in [4.78, 5) is 25.3. The SMILES string of the molecule is COc1ccc(C=CC(=O)N2CCC(n3ccc(NC(C)=O)n3)C2)cc1. The van der Waals surface area contributed by atoms with Gasteiger partial charge in [0.1, 0.15) is 5.75 Å². The zero-order valence-corrected chi connectivity index (χ0v) is 14.9. The number of methoxy groups -OCH3 is 1. The van der Waals surface area contributed by atoms with E-state index in [1.54, 1.807) is 25.3 Å². The first-order chi connectivity index (χ1) is 12.5. The summed E-state index contributed by atoms with van der Waals surface area (Å²) in [5.41, 5.74) is 0.946. The molecule has 1 N–H and O–H groups in total. The first-order valence-electron chi connectivity index (χ1n) is 8.49. The normalized spacial score (nSPS) is 16.8. The number of likely N-dealkylation sites (tertiary alicyclic amines) is 1. The van der Waals surface area contributed by atoms with E-state index in [1.165, 1.54) is 6.92 Å². The van der Waals surface area contributed by atoms with Gasteiger partial charge in [0.25, 0.3) is 0 Å². The average molecular weight is 354 g/mol. The lowest BCUT2D eigenvalue weighted by atomic mass is 10.2. The van der Waals surface area contributed by atoms with Crippen LogP contribution in [0.3, 0.4) is 0 Å². The van der Waals surface area contributed by atoms with E-state index in [1.807, 2.05) is 40.0 Å². The Morgan fingerprint density at radius 1 is 1.27 bits per heavy atom. The topological polar surface area (TPSA) is 76.5 Å². The van der Waals surface area contributed by atoms with Crippen LogP contribution in [0.4, 0.5) is 5.82 Å². The third-order valence-electron chi connectivity index (χ3n) is 4.30. The number of hydrogen-bond acceptors (Lipinski definition) is 4. The van der Waals surface area contributed by atoms with Crippen molar-refractivity contribution in [3.05, 3.63) is 48.2 Å². The second-order valence-electron chi connectivity index (χ2n) is 6.20. The molecule has 1 atom stereocenters. The summed E-state index contributed by atoms with van der Waals surface area (Å²) >= 11 is 0. The number of nitrogens with zero attached hydrogens (tertiary/aromatic N) is 3. The molecule has 0 aliphatic carbocycles. The Labute approximate surface area is 152 Å². The maximum atomic E-state index is 12.4. The summed E-state index contributed by atoms with van der Waals surface area (Å²) in [6, 6.07) is 9.41. The van der Waals surface area contributed by atoms with Gasteiger partial charge in [0.2, 0.25) is 11.8 Å². The Morgan fingerprint density at radius 2 is 2.04 bits per heavy atom. The lowest BCUT2D eigenvalue weighted by Crippen LogP contribution is -2.27. The van der Waals surface area contributed by atoms with Crippen molar-refractivity contribution >= 4 is 23.7 Å². The summed E-state index contributed by atoms with van der Waals surface area (Å²) < 4.78 is 6.93. The van der Waals surface area contributed by atoms with Gasteiger partial charge < -0.3 is 15.0 Å². The summed E-state index contributed by atoms with van der Waals surface area (Å²) in [6.45, 7) is 2.74. The molecule has 0 radical (unpaired) electrons. The molecule has 1 aromatic heterocycles. The van der Waals surface area contributed by atoms with Crippen LogP contribution in [0, 0.1) is 0 Å². The number of benzene rings is 1. The van der Waals surface area contributed by atoms with Crippen molar-refractivity contribution in [1.29, 1.82) is 0 Å². The number of amides is 2. The van der Waals surface area contributed by atoms with Crippen LogP contribution < -0.4 is 10.1 Å². The number of ether oxygens (including phenoxy) is 1. The van der Waals surface area contributed by atoms with Crippen molar-refractivity contribution in [2.75, 3.05) is 25.5 Å². The monoisotopic (exact) mass is 354 g/mol. The van der Waals surface area contributed by atoms with Crippen molar-refractivity contribution in [1.82, 2.24) is 14.7 Å². The highest BCUT2D eigenvalue weighted by atomic mass is 16.5. The zero-order chi connectivity index (χ0) is 18.5. The van der Waals surface area contributed by atoms with Gasteiger partial charge in [-0.1, -0.05) is 12.1 Å². The minimum Gasteiger partial charge on any atom is -0.497 e. The van der Waals surface area contributed by atoms with Gasteiger partial charge in [-0.3, -0.25) is 14.3 Å². The Balaban J connectivity index is 1.57. The van der Waals surface area contributed by atoms with Crippen LogP contribution in [-0.2, 0) is 9.59 Å². The maximum absolute atomic E-state index is 12.4. The molecule has 0 bridgehead atoms. The zero-order valence-electron chi connectivity index (χ0n) is 14.9. The number of carbonyl (C=O) groups excluding carboxylic acids is 2. The van der Waals surface area contributed by atoms with Gasteiger partial charge >= 0.3 is 0 Å². The summed E-state index contributed by atoms with van der Waals surface area (Å²) in [5, 5.41) is 7.01. The van der Waals surface area contributed by atoms with Crippen LogP contribution in [-0.4, -0.2) is 46.7 Å². The van der Waals surface area contributed by atoms with Gasteiger partial charge in [-0.25, -0.2) is 0 Å². The Hall–Kier alpha value is -3.09. The molecular formula is C19H22N4O3. The van der Waals surface area contributed by atoms with E-state index in [0.29, 0.717) is 18.9 Å². The average Bonchev–Trinajstić information content (AvgIpc) is 3.29. The van der Waals surface area contributed by atoms with Gasteiger partial charge in [-0.15, -0.1) is 0 Å². The van der Waals surface area contributed by atoms with E-state index >= 15 is 0 Å². The van der Waals surface area contributed by atoms with Crippen molar-refractivity contribution in [2.45, 2.75) is 19.4 Å². The lowest BCUT2D eigenvalue weighted by Gasteiger charge is -2.14. The fourth-order valence-corrected chi connectivity index (χ4v) is 2.93. The quantitative estimate of drug-likeness (QED) is 0.836. The van der Waals surface area contributed by atoms with Crippen molar-refractivity contribution < 1.29 is 14.3 Å². The van der Waals surface area contributed by atoms with Gasteiger partial charge in [0.15, 0.2) is 5.82 Å². The highest BCUT2D eigenvalue weighted by molar-refractivity contribution is 5.92. The minimum atomic E-state index is -0.151. The standard InChI is InChI=1S/C19H22N4O3/c1-14(24)20-18-10-12-23(21-18)16-9-11-22(13-16)19(25)8-5-15-3-6-17(26-2)7-4-15/h3-8,10,12,16H,9,11,13H2,1-2H3,(H,20,21,24). The third-order valence-corrected chi connectivity index (χ3v) is 4.30. The van der Waals surface area contributed by atoms with E-state index in [9.17, 15) is 9.59 Å². The van der Waals surface area contributed by atoms with Crippen LogP contribution in [0.2, 0.25) is 0 Å². The van der Waals surface area contributed by atoms with E-state index in [4.69, 9.17) is 4.74 Å². The van der Waals surface area contributed by atoms with Crippen LogP contribution >= 0.6 is 0 Å². The molecule has 2 heterocycles. The van der Waals surface area contributed by atoms with E-state index in [0.717, 1.165) is 17.7 Å². The molecule has 0 saturated carbocycles. The molecule has 1 fully saturated rings. The van der Waals surface area contributed by atoms with Gasteiger partial charge in [-0.05, 0) is 30.2 Å². The number of anilines is 1. The molecule has 2 amide bonds. The smallest absolute Gasteiger partial charge is 0.246 e. The summed E-state index contributed by atoms with van der Waals surface area (Å²) in [5.74, 6) is 1.15. The van der Waals surface area contributed by atoms with Crippen molar-refractivity contribution in [3.63, 3.8) is 0 Å². The van der Waals surface area contributed by atoms with Gasteiger partial charge in [0, 0.05) is 38.4 Å². The second-order valence-corrected chi connectivity index (χ2v) is 6.20. The van der Waals surface area contributed by atoms with Crippen LogP contribution in [0.25, 0.3) is 6.08 Å². The molecule has 0 spiro atoms. The number of nitrogens with one attached hydrogen (secondary N) is 1. The van der Waals surface area contributed by atoms with Crippen LogP contribution in [0.1, 0.15) is 24.9 Å². The highest BCUT2D eigenvalue weighted by Crippen LogP contribution is 2.22. The second kappa shape index (κ2) is 7.86. The molecule has 1 unspecified atom stereocenters. The Morgan fingerprint density at radius 3 is 2.73 bits per heavy atom. The predicted octanol–water partition coefficient (Wildman–Crippen LogP) is 2.34. The molecule has 1 aliphatic heterocycles. The van der Waals surface area contributed by atoms with Crippen LogP contribution in [0.15, 0.2) is 42.6 Å². The maximum Gasteiger partial charge on any atom is 0.246 e. The number of rotatable bonds is 5. The van der Waals surface area contributed by atoms with Crippen molar-refractivity contribution in [2.24, 2.45) is 0 Å². The van der Waals surface area contributed by atoms with Gasteiger partial charge in [-0.2, -0.15) is 5.10 Å². The number of hydrogen-bond donors (Lipinski definition) is 1. The van der Waals surface area contributed by atoms with Gasteiger partial charge in [0.05, 0.1) is 13.2 Å². The Bertz CT molecular complexity index is 810. The fraction of sp³-hybridized carbons (Fsp3) is 0.316. The predicted molar refractivity (Wildman–Crippen MR) is 98.8 cm³/mol. The highest BCUT2D eigenvalue weighted by Gasteiger charge is 2.26. The van der Waals surface area contributed by atoms with Crippen LogP contribution in [0.5, 0.6) is 5.75 Å². The number of carbonyl (C=O) groups is 2. The van der Waals surface area contributed by atoms with E-state index in [-0.39, 0.29) is 17.9 Å². The molecule has 2 aromatic rings. The molecule has 1 aromatic carbocycles. The molecule has 3 rings (SSSR count). The largest absolute Gasteiger partial charge is 0.497 e. The first kappa shape index (κ1) is 17.7. The molecular weight excluding hydrogens is 332 g/mol. The lowest BCUT2D eigenvalue weighted by molar-refractivity contribution is -0.125. The number of aromatic nitrogens is 2. The molecule has 7 heteroatoms. The molecule has 136 valence electrons. The molecule has 7 nitrogen and oxygen atoms in total. The van der Waals surface area contributed by atoms with E-state index in [2.05, 4.69) is 10.4 Å². The van der Waals surface area contributed by atoms with E-state index < -0.39 is 0 Å². The fourth-order valence-electron chi connectivity index (χ4n) is 2.93. The third kappa shape index (κ3) is 4.30. The minimum absolute atomic E-state index is 0.0161. The Kier molecular flexibility index (Phi) is 5.36.